The average molecular weight is 306 g/mol. The maximum Gasteiger partial charge on any atom is 0.280 e. The maximum absolute atomic E-state index is 12.7. The van der Waals surface area contributed by atoms with Crippen LogP contribution in [-0.4, -0.2) is 27.4 Å². The van der Waals surface area contributed by atoms with E-state index in [1.165, 1.54) is 5.56 Å². The van der Waals surface area contributed by atoms with Crippen LogP contribution < -0.4 is 4.90 Å². The first kappa shape index (κ1) is 15.0. The molecular formula is C18H18N4O. The van der Waals surface area contributed by atoms with Crippen molar-refractivity contribution in [3.8, 4) is 5.69 Å². The Bertz CT molecular complexity index is 793. The summed E-state index contributed by atoms with van der Waals surface area (Å²) in [6, 6.07) is 17.5. The van der Waals surface area contributed by atoms with Crippen LogP contribution in [0.1, 0.15) is 23.0 Å². The summed E-state index contributed by atoms with van der Waals surface area (Å²) in [6.07, 6.45) is 1.67. The molecule has 0 N–H and O–H groups in total. The number of anilines is 1. The Balaban J connectivity index is 1.87. The highest BCUT2D eigenvalue weighted by Gasteiger charge is 2.19. The standard InChI is InChI=1S/C18H18N4O/c1-3-21(15-7-5-4-6-8-15)18(23)17-13-22(20-19-17)16-11-9-14(2)10-12-16/h4-13H,3H2,1-2H3. The van der Waals surface area contributed by atoms with Crippen molar-refractivity contribution in [2.75, 3.05) is 11.4 Å². The van der Waals surface area contributed by atoms with Crippen LogP contribution in [0.25, 0.3) is 5.69 Å². The Morgan fingerprint density at radius 3 is 2.43 bits per heavy atom. The fourth-order valence-corrected chi connectivity index (χ4v) is 2.38. The quantitative estimate of drug-likeness (QED) is 0.743. The second-order valence-electron chi connectivity index (χ2n) is 5.27. The number of carbonyl (C=O) groups excluding carboxylic acids is 1. The molecule has 1 amide bonds. The molecule has 0 unspecified atom stereocenters. The van der Waals surface area contributed by atoms with E-state index in [4.69, 9.17) is 0 Å². The predicted molar refractivity (Wildman–Crippen MR) is 89.9 cm³/mol. The van der Waals surface area contributed by atoms with Crippen molar-refractivity contribution >= 4 is 11.6 Å². The molecule has 5 nitrogen and oxygen atoms in total. The van der Waals surface area contributed by atoms with Gasteiger partial charge in [0.2, 0.25) is 0 Å². The lowest BCUT2D eigenvalue weighted by Crippen LogP contribution is -2.30. The predicted octanol–water partition coefficient (Wildman–Crippen LogP) is 3.24. The number of aryl methyl sites for hydroxylation is 1. The van der Waals surface area contributed by atoms with Crippen molar-refractivity contribution in [2.45, 2.75) is 13.8 Å². The summed E-state index contributed by atoms with van der Waals surface area (Å²) in [4.78, 5) is 14.4. The molecule has 0 aliphatic heterocycles. The normalized spacial score (nSPS) is 10.5. The molecule has 23 heavy (non-hydrogen) atoms. The third-order valence-corrected chi connectivity index (χ3v) is 3.64. The van der Waals surface area contributed by atoms with E-state index in [0.29, 0.717) is 12.2 Å². The minimum Gasteiger partial charge on any atom is -0.307 e. The van der Waals surface area contributed by atoms with Gasteiger partial charge < -0.3 is 4.90 Å². The number of aromatic nitrogens is 3. The van der Waals surface area contributed by atoms with Crippen molar-refractivity contribution in [1.29, 1.82) is 0 Å². The summed E-state index contributed by atoms with van der Waals surface area (Å²) in [5.74, 6) is -0.155. The van der Waals surface area contributed by atoms with E-state index in [2.05, 4.69) is 10.3 Å². The van der Waals surface area contributed by atoms with Gasteiger partial charge in [0.15, 0.2) is 5.69 Å². The van der Waals surface area contributed by atoms with E-state index in [1.54, 1.807) is 15.8 Å². The molecule has 0 saturated carbocycles. The molecule has 0 aliphatic carbocycles. The Labute approximate surface area is 135 Å². The van der Waals surface area contributed by atoms with Crippen LogP contribution in [0.15, 0.2) is 60.8 Å². The Morgan fingerprint density at radius 2 is 1.78 bits per heavy atom. The van der Waals surface area contributed by atoms with Crippen LogP contribution in [-0.2, 0) is 0 Å². The molecule has 0 aliphatic rings. The molecule has 1 heterocycles. The number of hydrogen-bond donors (Lipinski definition) is 0. The van der Waals surface area contributed by atoms with Gasteiger partial charge >= 0.3 is 0 Å². The second kappa shape index (κ2) is 6.44. The van der Waals surface area contributed by atoms with Crippen molar-refractivity contribution in [1.82, 2.24) is 15.0 Å². The lowest BCUT2D eigenvalue weighted by Gasteiger charge is -2.19. The second-order valence-corrected chi connectivity index (χ2v) is 5.27. The van der Waals surface area contributed by atoms with Crippen molar-refractivity contribution < 1.29 is 4.79 Å². The zero-order valence-corrected chi connectivity index (χ0v) is 13.2. The van der Waals surface area contributed by atoms with Crippen molar-refractivity contribution in [3.63, 3.8) is 0 Å². The molecule has 5 heteroatoms. The zero-order chi connectivity index (χ0) is 16.2. The van der Waals surface area contributed by atoms with E-state index in [-0.39, 0.29) is 5.91 Å². The van der Waals surface area contributed by atoms with Gasteiger partial charge in [0.1, 0.15) is 0 Å². The minimum atomic E-state index is -0.155. The van der Waals surface area contributed by atoms with Crippen LogP contribution in [0.5, 0.6) is 0 Å². The number of nitrogens with zero attached hydrogens (tertiary/aromatic N) is 4. The van der Waals surface area contributed by atoms with Gasteiger partial charge in [0.25, 0.3) is 5.91 Å². The highest BCUT2D eigenvalue weighted by molar-refractivity contribution is 6.04. The van der Waals surface area contributed by atoms with Crippen LogP contribution in [0, 0.1) is 6.92 Å². The largest absolute Gasteiger partial charge is 0.307 e. The van der Waals surface area contributed by atoms with Gasteiger partial charge in [0, 0.05) is 12.2 Å². The number of carbonyl (C=O) groups is 1. The number of amides is 1. The lowest BCUT2D eigenvalue weighted by atomic mass is 10.2. The fraction of sp³-hybridized carbons (Fsp3) is 0.167. The topological polar surface area (TPSA) is 51.0 Å². The molecule has 0 radical (unpaired) electrons. The number of hydrogen-bond acceptors (Lipinski definition) is 3. The van der Waals surface area contributed by atoms with Crippen molar-refractivity contribution in [2.24, 2.45) is 0 Å². The van der Waals surface area contributed by atoms with E-state index in [9.17, 15) is 4.79 Å². The summed E-state index contributed by atoms with van der Waals surface area (Å²) in [6.45, 7) is 4.54. The summed E-state index contributed by atoms with van der Waals surface area (Å²) < 4.78 is 1.62. The summed E-state index contributed by atoms with van der Waals surface area (Å²) in [7, 11) is 0. The molecule has 2 aromatic carbocycles. The number of benzene rings is 2. The summed E-state index contributed by atoms with van der Waals surface area (Å²) >= 11 is 0. The molecule has 0 spiro atoms. The van der Waals surface area contributed by atoms with E-state index < -0.39 is 0 Å². The first-order chi connectivity index (χ1) is 11.2. The molecule has 1 aromatic heterocycles. The van der Waals surface area contributed by atoms with Gasteiger partial charge in [-0.1, -0.05) is 41.1 Å². The van der Waals surface area contributed by atoms with Gasteiger partial charge in [0.05, 0.1) is 11.9 Å². The molecular weight excluding hydrogens is 288 g/mol. The van der Waals surface area contributed by atoms with Gasteiger partial charge in [-0.05, 0) is 38.1 Å². The maximum atomic E-state index is 12.7. The van der Waals surface area contributed by atoms with Crippen LogP contribution in [0.2, 0.25) is 0 Å². The summed E-state index contributed by atoms with van der Waals surface area (Å²) in [5.41, 5.74) is 3.23. The Morgan fingerprint density at radius 1 is 1.09 bits per heavy atom. The number of rotatable bonds is 4. The zero-order valence-electron chi connectivity index (χ0n) is 13.2. The highest BCUT2D eigenvalue weighted by Crippen LogP contribution is 2.16. The minimum absolute atomic E-state index is 0.155. The fourth-order valence-electron chi connectivity index (χ4n) is 2.38. The SMILES string of the molecule is CCN(C(=O)c1cn(-c2ccc(C)cc2)nn1)c1ccccc1. The molecule has 0 saturated heterocycles. The van der Waals surface area contributed by atoms with E-state index in [0.717, 1.165) is 11.4 Å². The van der Waals surface area contributed by atoms with Gasteiger partial charge in [-0.2, -0.15) is 0 Å². The molecule has 0 atom stereocenters. The van der Waals surface area contributed by atoms with Crippen LogP contribution >= 0.6 is 0 Å². The summed E-state index contributed by atoms with van der Waals surface area (Å²) in [5, 5.41) is 8.10. The molecule has 0 fully saturated rings. The molecule has 3 aromatic rings. The van der Waals surface area contributed by atoms with Crippen LogP contribution in [0.3, 0.4) is 0 Å². The van der Waals surface area contributed by atoms with Gasteiger partial charge in [-0.3, -0.25) is 4.79 Å². The third-order valence-electron chi connectivity index (χ3n) is 3.64. The first-order valence-corrected chi connectivity index (χ1v) is 7.55. The molecule has 0 bridgehead atoms. The van der Waals surface area contributed by atoms with E-state index >= 15 is 0 Å². The highest BCUT2D eigenvalue weighted by atomic mass is 16.2. The van der Waals surface area contributed by atoms with Crippen molar-refractivity contribution in [3.05, 3.63) is 72.1 Å². The number of para-hydroxylation sites is 1. The smallest absolute Gasteiger partial charge is 0.280 e. The Kier molecular flexibility index (Phi) is 4.19. The molecule has 116 valence electrons. The van der Waals surface area contributed by atoms with Crippen LogP contribution in [0.4, 0.5) is 5.69 Å². The monoisotopic (exact) mass is 306 g/mol. The lowest BCUT2D eigenvalue weighted by molar-refractivity contribution is 0.0983. The van der Waals surface area contributed by atoms with Gasteiger partial charge in [-0.15, -0.1) is 5.10 Å². The molecule has 3 rings (SSSR count). The first-order valence-electron chi connectivity index (χ1n) is 7.55. The third kappa shape index (κ3) is 3.13. The Hall–Kier alpha value is -2.95. The average Bonchev–Trinajstić information content (AvgIpc) is 3.07. The van der Waals surface area contributed by atoms with E-state index in [1.807, 2.05) is 68.4 Å². The van der Waals surface area contributed by atoms with Gasteiger partial charge in [-0.25, -0.2) is 4.68 Å².